The number of hydrogen-bond donors (Lipinski definition) is 3. The molecule has 0 saturated carbocycles. The first-order valence-corrected chi connectivity index (χ1v) is 13.5. The number of hydrogen-bond acceptors (Lipinski definition) is 9. The standard InChI is InChI=1S/C24H20N6O5S2/c31-20(27-16-6-8-17(9-7-16)37(32,33)30-23-25-11-3-12-26-23)10-15-36-24-28-21(18-4-1-13-34-18)22(29-24)19-5-2-14-35-19/h1-9,11-14H,10,15H2,(H,27,31)(H,28,29)(H,25,26,30). The Kier molecular flexibility index (Phi) is 7.05. The highest BCUT2D eigenvalue weighted by Gasteiger charge is 2.19. The van der Waals surface area contributed by atoms with E-state index >= 15 is 0 Å². The van der Waals surface area contributed by atoms with Crippen LogP contribution < -0.4 is 10.0 Å². The van der Waals surface area contributed by atoms with Gasteiger partial charge in [-0.25, -0.2) is 28.1 Å². The molecule has 1 aromatic carbocycles. The molecule has 1 amide bonds. The number of carbonyl (C=O) groups excluding carboxylic acids is 1. The Morgan fingerprint density at radius 2 is 1.65 bits per heavy atom. The molecular formula is C24H20N6O5S2. The van der Waals surface area contributed by atoms with Gasteiger partial charge in [0, 0.05) is 30.3 Å². The normalized spacial score (nSPS) is 11.4. The molecule has 3 N–H and O–H groups in total. The molecule has 0 aliphatic heterocycles. The van der Waals surface area contributed by atoms with Crippen molar-refractivity contribution in [2.24, 2.45) is 0 Å². The van der Waals surface area contributed by atoms with Gasteiger partial charge in [-0.15, -0.1) is 0 Å². The van der Waals surface area contributed by atoms with Gasteiger partial charge in [0.25, 0.3) is 10.0 Å². The van der Waals surface area contributed by atoms with Gasteiger partial charge in [-0.3, -0.25) is 4.79 Å². The Morgan fingerprint density at radius 3 is 2.32 bits per heavy atom. The molecule has 13 heteroatoms. The lowest BCUT2D eigenvalue weighted by Gasteiger charge is -2.08. The zero-order chi connectivity index (χ0) is 25.7. The van der Waals surface area contributed by atoms with E-state index in [4.69, 9.17) is 8.83 Å². The van der Waals surface area contributed by atoms with Crippen LogP contribution in [0.4, 0.5) is 11.6 Å². The van der Waals surface area contributed by atoms with Crippen LogP contribution in [0.25, 0.3) is 22.9 Å². The minimum Gasteiger partial charge on any atom is -0.463 e. The number of thioether (sulfide) groups is 1. The minimum absolute atomic E-state index is 0.0195. The largest absolute Gasteiger partial charge is 0.463 e. The molecular weight excluding hydrogens is 516 g/mol. The fraction of sp³-hybridized carbons (Fsp3) is 0.0833. The van der Waals surface area contributed by atoms with E-state index in [2.05, 4.69) is 30.0 Å². The molecule has 0 saturated heterocycles. The SMILES string of the molecule is O=C(CCSc1nc(-c2ccco2)c(-c2ccco2)[nH]1)Nc1ccc(S(=O)(=O)Nc2ncccn2)cc1. The molecule has 0 bridgehead atoms. The summed E-state index contributed by atoms with van der Waals surface area (Å²) in [4.78, 5) is 28.0. The van der Waals surface area contributed by atoms with Crippen LogP contribution in [0, 0.1) is 0 Å². The minimum atomic E-state index is -3.85. The molecule has 11 nitrogen and oxygen atoms in total. The molecule has 0 atom stereocenters. The Labute approximate surface area is 215 Å². The van der Waals surface area contributed by atoms with Crippen molar-refractivity contribution in [2.45, 2.75) is 16.5 Å². The number of furan rings is 2. The van der Waals surface area contributed by atoms with Gasteiger partial charge in [-0.05, 0) is 54.6 Å². The van der Waals surface area contributed by atoms with Crippen molar-refractivity contribution < 1.29 is 22.0 Å². The molecule has 4 aromatic heterocycles. The number of sulfonamides is 1. The van der Waals surface area contributed by atoms with Crippen LogP contribution in [0.2, 0.25) is 0 Å². The van der Waals surface area contributed by atoms with Gasteiger partial charge in [0.05, 0.1) is 17.4 Å². The Hall–Kier alpha value is -4.36. The number of nitrogens with zero attached hydrogens (tertiary/aromatic N) is 3. The van der Waals surface area contributed by atoms with Crippen LogP contribution in [0.5, 0.6) is 0 Å². The molecule has 0 aliphatic carbocycles. The highest BCUT2D eigenvalue weighted by molar-refractivity contribution is 7.99. The summed E-state index contributed by atoms with van der Waals surface area (Å²) in [5, 5.41) is 3.39. The molecule has 5 rings (SSSR count). The number of carbonyl (C=O) groups is 1. The molecule has 188 valence electrons. The van der Waals surface area contributed by atoms with Crippen LogP contribution >= 0.6 is 11.8 Å². The number of imidazole rings is 1. The summed E-state index contributed by atoms with van der Waals surface area (Å²) in [7, 11) is -3.85. The third kappa shape index (κ3) is 5.90. The number of aromatic nitrogens is 4. The van der Waals surface area contributed by atoms with Crippen molar-refractivity contribution in [3.05, 3.63) is 79.5 Å². The third-order valence-corrected chi connectivity index (χ3v) is 7.23. The number of H-pyrrole nitrogens is 1. The quantitative estimate of drug-likeness (QED) is 0.216. The average Bonchev–Trinajstić information content (AvgIpc) is 3.66. The summed E-state index contributed by atoms with van der Waals surface area (Å²) >= 11 is 1.39. The zero-order valence-electron chi connectivity index (χ0n) is 19.1. The van der Waals surface area contributed by atoms with E-state index in [-0.39, 0.29) is 23.2 Å². The number of rotatable bonds is 10. The highest BCUT2D eigenvalue weighted by Crippen LogP contribution is 2.33. The van der Waals surface area contributed by atoms with E-state index in [1.54, 1.807) is 30.7 Å². The number of nitrogens with one attached hydrogen (secondary N) is 3. The maximum Gasteiger partial charge on any atom is 0.264 e. The lowest BCUT2D eigenvalue weighted by atomic mass is 10.2. The predicted molar refractivity (Wildman–Crippen MR) is 137 cm³/mol. The summed E-state index contributed by atoms with van der Waals surface area (Å²) in [5.41, 5.74) is 1.79. The van der Waals surface area contributed by atoms with Crippen molar-refractivity contribution in [1.29, 1.82) is 0 Å². The average molecular weight is 537 g/mol. The topological polar surface area (TPSA) is 156 Å². The fourth-order valence-electron chi connectivity index (χ4n) is 3.32. The molecule has 0 unspecified atom stereocenters. The molecule has 0 spiro atoms. The van der Waals surface area contributed by atoms with Crippen LogP contribution in [0.1, 0.15) is 6.42 Å². The monoisotopic (exact) mass is 536 g/mol. The highest BCUT2D eigenvalue weighted by atomic mass is 32.2. The van der Waals surface area contributed by atoms with Gasteiger partial charge in [0.1, 0.15) is 11.4 Å². The molecule has 37 heavy (non-hydrogen) atoms. The maximum absolute atomic E-state index is 12.5. The van der Waals surface area contributed by atoms with Crippen LogP contribution in [0.3, 0.4) is 0 Å². The van der Waals surface area contributed by atoms with Crippen LogP contribution in [-0.2, 0) is 14.8 Å². The van der Waals surface area contributed by atoms with E-state index < -0.39 is 10.0 Å². The van der Waals surface area contributed by atoms with Gasteiger partial charge in [0.2, 0.25) is 11.9 Å². The number of amides is 1. The van der Waals surface area contributed by atoms with E-state index in [0.29, 0.717) is 39.5 Å². The van der Waals surface area contributed by atoms with Crippen LogP contribution in [0.15, 0.2) is 98.4 Å². The predicted octanol–water partition coefficient (Wildman–Crippen LogP) is 4.64. The second kappa shape index (κ2) is 10.7. The smallest absolute Gasteiger partial charge is 0.264 e. The number of anilines is 2. The first-order chi connectivity index (χ1) is 18.0. The molecule has 0 radical (unpaired) electrons. The summed E-state index contributed by atoms with van der Waals surface area (Å²) in [6.07, 6.45) is 6.23. The van der Waals surface area contributed by atoms with E-state index in [0.717, 1.165) is 0 Å². The third-order valence-electron chi connectivity index (χ3n) is 5.01. The summed E-state index contributed by atoms with van der Waals surface area (Å²) in [6, 6.07) is 14.6. The summed E-state index contributed by atoms with van der Waals surface area (Å²) in [5.74, 6) is 1.44. The van der Waals surface area contributed by atoms with E-state index in [1.165, 1.54) is 48.4 Å². The molecule has 0 aliphatic rings. The Balaban J connectivity index is 1.17. The number of aromatic amines is 1. The van der Waals surface area contributed by atoms with Crippen LogP contribution in [-0.4, -0.2) is 40.0 Å². The molecule has 4 heterocycles. The second-order valence-corrected chi connectivity index (χ2v) is 10.3. The van der Waals surface area contributed by atoms with Gasteiger partial charge in [0.15, 0.2) is 16.7 Å². The maximum atomic E-state index is 12.5. The fourth-order valence-corrected chi connectivity index (χ4v) is 5.09. The molecule has 5 aromatic rings. The van der Waals surface area contributed by atoms with E-state index in [1.807, 2.05) is 12.1 Å². The summed E-state index contributed by atoms with van der Waals surface area (Å²) < 4.78 is 38.3. The Bertz CT molecular complexity index is 1510. The lowest BCUT2D eigenvalue weighted by Crippen LogP contribution is -2.15. The number of benzene rings is 1. The summed E-state index contributed by atoms with van der Waals surface area (Å²) in [6.45, 7) is 0. The van der Waals surface area contributed by atoms with Crippen molar-refractivity contribution >= 4 is 39.3 Å². The van der Waals surface area contributed by atoms with Crippen molar-refractivity contribution in [2.75, 3.05) is 15.8 Å². The van der Waals surface area contributed by atoms with Gasteiger partial charge in [-0.2, -0.15) is 0 Å². The van der Waals surface area contributed by atoms with Gasteiger partial charge < -0.3 is 19.1 Å². The second-order valence-electron chi connectivity index (χ2n) is 7.57. The van der Waals surface area contributed by atoms with Crippen molar-refractivity contribution in [1.82, 2.24) is 19.9 Å². The first kappa shape index (κ1) is 24.3. The van der Waals surface area contributed by atoms with Crippen molar-refractivity contribution in [3.63, 3.8) is 0 Å². The zero-order valence-corrected chi connectivity index (χ0v) is 20.8. The van der Waals surface area contributed by atoms with Gasteiger partial charge in [-0.1, -0.05) is 11.8 Å². The lowest BCUT2D eigenvalue weighted by molar-refractivity contribution is -0.115. The van der Waals surface area contributed by atoms with Crippen molar-refractivity contribution in [3.8, 4) is 22.9 Å². The van der Waals surface area contributed by atoms with Gasteiger partial charge >= 0.3 is 0 Å². The first-order valence-electron chi connectivity index (χ1n) is 11.0. The Morgan fingerprint density at radius 1 is 0.946 bits per heavy atom. The van der Waals surface area contributed by atoms with E-state index in [9.17, 15) is 13.2 Å². The molecule has 0 fully saturated rings.